The molecule has 160 valence electrons. The fourth-order valence-corrected chi connectivity index (χ4v) is 4.78. The largest absolute Gasteiger partial charge is 0.382 e. The monoisotopic (exact) mass is 430 g/mol. The molecule has 2 aromatic heterocycles. The fourth-order valence-electron chi connectivity index (χ4n) is 3.85. The van der Waals surface area contributed by atoms with Gasteiger partial charge < -0.3 is 10.3 Å². The molecule has 2 heterocycles. The first-order valence-corrected chi connectivity index (χ1v) is 11.6. The summed E-state index contributed by atoms with van der Waals surface area (Å²) >= 11 is 1.45. The number of unbranched alkanes of at least 4 members (excludes halogenated alkanes) is 2. The second kappa shape index (κ2) is 8.92. The van der Waals surface area contributed by atoms with Gasteiger partial charge in [0.15, 0.2) is 5.82 Å². The summed E-state index contributed by atoms with van der Waals surface area (Å²) in [5.41, 5.74) is 10.2. The van der Waals surface area contributed by atoms with E-state index in [-0.39, 0.29) is 0 Å². The number of thioether (sulfide) groups is 1. The molecule has 0 bridgehead atoms. The Kier molecular flexibility index (Phi) is 6.27. The fraction of sp³-hybridized carbons (Fsp3) is 0.478. The molecule has 0 aliphatic heterocycles. The smallest absolute Gasteiger partial charge is 0.151 e. The van der Waals surface area contributed by atoms with Crippen molar-refractivity contribution < 1.29 is 8.78 Å². The molecule has 0 atom stereocenters. The van der Waals surface area contributed by atoms with Crippen LogP contribution >= 0.6 is 11.8 Å². The topological polar surface area (TPSA) is 56.7 Å². The Hall–Kier alpha value is -2.15. The van der Waals surface area contributed by atoms with Gasteiger partial charge in [-0.1, -0.05) is 6.42 Å². The van der Waals surface area contributed by atoms with Crippen molar-refractivity contribution in [1.82, 2.24) is 14.5 Å². The molecule has 0 spiro atoms. The zero-order valence-electron chi connectivity index (χ0n) is 17.5. The maximum Gasteiger partial charge on any atom is 0.151 e. The Morgan fingerprint density at radius 1 is 1.13 bits per heavy atom. The molecule has 4 rings (SSSR count). The second-order valence-corrected chi connectivity index (χ2v) is 9.35. The predicted octanol–water partition coefficient (Wildman–Crippen LogP) is 5.82. The van der Waals surface area contributed by atoms with Crippen LogP contribution in [0.3, 0.4) is 0 Å². The van der Waals surface area contributed by atoms with E-state index in [0.717, 1.165) is 78.1 Å². The van der Waals surface area contributed by atoms with Crippen LogP contribution in [-0.4, -0.2) is 20.3 Å². The third-order valence-electron chi connectivity index (χ3n) is 5.82. The van der Waals surface area contributed by atoms with Gasteiger partial charge in [0, 0.05) is 29.6 Å². The van der Waals surface area contributed by atoms with Crippen LogP contribution < -0.4 is 5.73 Å². The average Bonchev–Trinajstić information content (AvgIpc) is 3.44. The number of hydrogen-bond donors (Lipinski definition) is 1. The summed E-state index contributed by atoms with van der Waals surface area (Å²) in [7, 11) is 0. The molecule has 1 fully saturated rings. The minimum absolute atomic E-state index is 0.480. The molecule has 1 saturated carbocycles. The van der Waals surface area contributed by atoms with E-state index in [9.17, 15) is 8.78 Å². The Morgan fingerprint density at radius 2 is 1.93 bits per heavy atom. The van der Waals surface area contributed by atoms with Gasteiger partial charge in [0.25, 0.3) is 0 Å². The lowest BCUT2D eigenvalue weighted by Gasteiger charge is -2.12. The van der Waals surface area contributed by atoms with Gasteiger partial charge in [-0.3, -0.25) is 0 Å². The van der Waals surface area contributed by atoms with E-state index in [1.165, 1.54) is 36.7 Å². The molecule has 0 unspecified atom stereocenters. The molecular formula is C23H28F2N4S. The maximum absolute atomic E-state index is 13.7. The average molecular weight is 431 g/mol. The molecule has 4 nitrogen and oxygen atoms in total. The number of rotatable bonds is 9. The summed E-state index contributed by atoms with van der Waals surface area (Å²) in [6, 6.07) is 3.77. The van der Waals surface area contributed by atoms with E-state index >= 15 is 0 Å². The van der Waals surface area contributed by atoms with Crippen molar-refractivity contribution in [3.05, 3.63) is 46.9 Å². The van der Waals surface area contributed by atoms with Gasteiger partial charge >= 0.3 is 0 Å². The number of nitrogen functional groups attached to an aromatic ring is 1. The van der Waals surface area contributed by atoms with Crippen molar-refractivity contribution >= 4 is 28.6 Å². The van der Waals surface area contributed by atoms with Gasteiger partial charge in [-0.15, -0.1) is 11.8 Å². The summed E-state index contributed by atoms with van der Waals surface area (Å²) in [5.74, 6) is 2.19. The predicted molar refractivity (Wildman–Crippen MR) is 119 cm³/mol. The Balaban J connectivity index is 1.39. The van der Waals surface area contributed by atoms with Crippen molar-refractivity contribution in [3.63, 3.8) is 0 Å². The van der Waals surface area contributed by atoms with Crippen LogP contribution in [0.1, 0.15) is 49.2 Å². The normalized spacial score (nSPS) is 14.0. The molecule has 7 heteroatoms. The number of halogens is 2. The van der Waals surface area contributed by atoms with E-state index in [1.54, 1.807) is 0 Å². The number of aromatic nitrogens is 3. The van der Waals surface area contributed by atoms with Crippen LogP contribution in [0.25, 0.3) is 11.0 Å². The molecule has 1 aliphatic carbocycles. The van der Waals surface area contributed by atoms with Crippen LogP contribution in [0.4, 0.5) is 14.6 Å². The first-order valence-electron chi connectivity index (χ1n) is 10.6. The number of nitrogens with two attached hydrogens (primary N) is 1. The lowest BCUT2D eigenvalue weighted by atomic mass is 10.2. The standard InChI is InChI=1S/C23H28F2N4S/c1-14-15(2)27-23(26)21-22(14)29(20(28-21)12-16-6-7-16)10-4-3-5-11-30-19-9-8-17(24)13-18(19)25/h8-9,13,16H,3-7,10-12H2,1-2H3,(H2,26,27). The first kappa shape index (κ1) is 21.1. The van der Waals surface area contributed by atoms with E-state index in [2.05, 4.69) is 16.5 Å². The van der Waals surface area contributed by atoms with Crippen molar-refractivity contribution in [2.45, 2.75) is 63.8 Å². The summed E-state index contributed by atoms with van der Waals surface area (Å²) in [5, 5.41) is 0. The highest BCUT2D eigenvalue weighted by Gasteiger charge is 2.26. The van der Waals surface area contributed by atoms with Crippen LogP contribution in [0, 0.1) is 31.4 Å². The third-order valence-corrected chi connectivity index (χ3v) is 6.96. The molecule has 1 aromatic carbocycles. The van der Waals surface area contributed by atoms with Crippen molar-refractivity contribution in [3.8, 4) is 0 Å². The quantitative estimate of drug-likeness (QED) is 0.343. The zero-order valence-corrected chi connectivity index (χ0v) is 18.4. The van der Waals surface area contributed by atoms with Gasteiger partial charge in [-0.25, -0.2) is 18.7 Å². The highest BCUT2D eigenvalue weighted by atomic mass is 32.2. The molecule has 30 heavy (non-hydrogen) atoms. The summed E-state index contributed by atoms with van der Waals surface area (Å²) in [4.78, 5) is 9.83. The summed E-state index contributed by atoms with van der Waals surface area (Å²) < 4.78 is 29.1. The summed E-state index contributed by atoms with van der Waals surface area (Å²) in [6.07, 6.45) is 6.62. The lowest BCUT2D eigenvalue weighted by Crippen LogP contribution is -2.07. The molecule has 1 aliphatic rings. The lowest BCUT2D eigenvalue weighted by molar-refractivity contribution is 0.565. The van der Waals surface area contributed by atoms with Crippen LogP contribution in [0.2, 0.25) is 0 Å². The van der Waals surface area contributed by atoms with Gasteiger partial charge in [0.05, 0.1) is 5.52 Å². The Morgan fingerprint density at radius 3 is 2.67 bits per heavy atom. The second-order valence-electron chi connectivity index (χ2n) is 8.22. The number of imidazole rings is 1. The zero-order chi connectivity index (χ0) is 21.3. The maximum atomic E-state index is 13.7. The van der Waals surface area contributed by atoms with Crippen molar-refractivity contribution in [1.29, 1.82) is 0 Å². The van der Waals surface area contributed by atoms with Gasteiger partial charge in [0.2, 0.25) is 0 Å². The number of fused-ring (bicyclic) bond motifs is 1. The molecule has 2 N–H and O–H groups in total. The van der Waals surface area contributed by atoms with Gasteiger partial charge in [0.1, 0.15) is 23.0 Å². The van der Waals surface area contributed by atoms with Gasteiger partial charge in [-0.2, -0.15) is 0 Å². The number of benzene rings is 1. The minimum atomic E-state index is -0.534. The van der Waals surface area contributed by atoms with Crippen molar-refractivity contribution in [2.75, 3.05) is 11.5 Å². The molecule has 0 amide bonds. The van der Waals surface area contributed by atoms with Crippen molar-refractivity contribution in [2.24, 2.45) is 5.92 Å². The molecule has 3 aromatic rings. The minimum Gasteiger partial charge on any atom is -0.382 e. The Bertz CT molecular complexity index is 1060. The van der Waals surface area contributed by atoms with Crippen LogP contribution in [0.5, 0.6) is 0 Å². The first-order chi connectivity index (χ1) is 14.4. The molecule has 0 saturated heterocycles. The number of nitrogens with zero attached hydrogens (tertiary/aromatic N) is 3. The highest BCUT2D eigenvalue weighted by molar-refractivity contribution is 7.99. The van der Waals surface area contributed by atoms with Crippen LogP contribution in [0.15, 0.2) is 23.1 Å². The Labute approximate surface area is 180 Å². The van der Waals surface area contributed by atoms with E-state index < -0.39 is 11.6 Å². The van der Waals surface area contributed by atoms with Crippen LogP contribution in [-0.2, 0) is 13.0 Å². The van der Waals surface area contributed by atoms with E-state index in [4.69, 9.17) is 10.7 Å². The SMILES string of the molecule is Cc1nc(N)c2nc(CC3CC3)n(CCCCCSc3ccc(F)cc3F)c2c1C. The molecular weight excluding hydrogens is 402 g/mol. The van der Waals surface area contributed by atoms with Gasteiger partial charge in [-0.05, 0) is 68.9 Å². The summed E-state index contributed by atoms with van der Waals surface area (Å²) in [6.45, 7) is 4.99. The van der Waals surface area contributed by atoms with E-state index in [1.807, 2.05) is 6.92 Å². The molecule has 0 radical (unpaired) electrons. The number of hydrogen-bond acceptors (Lipinski definition) is 4. The van der Waals surface area contributed by atoms with E-state index in [0.29, 0.717) is 10.7 Å². The highest BCUT2D eigenvalue weighted by Crippen LogP contribution is 2.35. The third kappa shape index (κ3) is 4.61. The number of anilines is 1. The number of aryl methyl sites for hydroxylation is 3. The number of pyridine rings is 1.